The molecule has 1 aromatic rings. The SMILES string of the molecule is OC1/C(=C\c2cccnc2)N2CCC1CC2. The third kappa shape index (κ3) is 1.61. The lowest BCUT2D eigenvalue weighted by Gasteiger charge is -2.45. The van der Waals surface area contributed by atoms with Crippen molar-refractivity contribution in [1.29, 1.82) is 0 Å². The Morgan fingerprint density at radius 2 is 2.19 bits per heavy atom. The van der Waals surface area contributed by atoms with Gasteiger partial charge in [-0.15, -0.1) is 0 Å². The van der Waals surface area contributed by atoms with Crippen LogP contribution < -0.4 is 0 Å². The van der Waals surface area contributed by atoms with E-state index in [4.69, 9.17) is 0 Å². The van der Waals surface area contributed by atoms with Crippen LogP contribution in [0.5, 0.6) is 0 Å². The zero-order chi connectivity index (χ0) is 11.0. The summed E-state index contributed by atoms with van der Waals surface area (Å²) in [5, 5.41) is 10.2. The number of hydrogen-bond donors (Lipinski definition) is 1. The monoisotopic (exact) mass is 216 g/mol. The number of aliphatic hydroxyl groups is 1. The number of pyridine rings is 1. The molecule has 4 rings (SSSR count). The largest absolute Gasteiger partial charge is 0.387 e. The number of rotatable bonds is 1. The van der Waals surface area contributed by atoms with E-state index in [0.29, 0.717) is 5.92 Å². The fourth-order valence-electron chi connectivity index (χ4n) is 2.71. The van der Waals surface area contributed by atoms with E-state index in [-0.39, 0.29) is 6.10 Å². The molecular formula is C13H16N2O. The van der Waals surface area contributed by atoms with Gasteiger partial charge in [0.2, 0.25) is 0 Å². The molecule has 0 saturated carbocycles. The molecule has 4 heterocycles. The van der Waals surface area contributed by atoms with E-state index >= 15 is 0 Å². The van der Waals surface area contributed by atoms with Gasteiger partial charge in [0.15, 0.2) is 0 Å². The van der Waals surface area contributed by atoms with E-state index in [1.165, 1.54) is 0 Å². The van der Waals surface area contributed by atoms with Crippen LogP contribution >= 0.6 is 0 Å². The Morgan fingerprint density at radius 3 is 2.81 bits per heavy atom. The van der Waals surface area contributed by atoms with Crippen LogP contribution in [0.3, 0.4) is 0 Å². The standard InChI is InChI=1S/C13H16N2O/c16-13-11-3-6-15(7-4-11)12(13)8-10-2-1-5-14-9-10/h1-2,5,8-9,11,13,16H,3-4,6-7H2/b12-8+. The van der Waals surface area contributed by atoms with Crippen molar-refractivity contribution in [3.8, 4) is 0 Å². The molecule has 3 nitrogen and oxygen atoms in total. The summed E-state index contributed by atoms with van der Waals surface area (Å²) in [5.74, 6) is 0.466. The van der Waals surface area contributed by atoms with Crippen molar-refractivity contribution >= 4 is 6.08 Å². The summed E-state index contributed by atoms with van der Waals surface area (Å²) in [6, 6.07) is 3.95. The first-order valence-corrected chi connectivity index (χ1v) is 5.89. The van der Waals surface area contributed by atoms with Crippen molar-refractivity contribution in [3.05, 3.63) is 35.8 Å². The van der Waals surface area contributed by atoms with E-state index in [2.05, 4.69) is 16.0 Å². The maximum Gasteiger partial charge on any atom is 0.0965 e. The van der Waals surface area contributed by atoms with Crippen molar-refractivity contribution < 1.29 is 5.11 Å². The molecule has 3 aliphatic heterocycles. The molecule has 1 aromatic heterocycles. The third-order valence-corrected chi connectivity index (χ3v) is 3.65. The molecule has 0 aliphatic carbocycles. The minimum absolute atomic E-state index is 0.275. The maximum atomic E-state index is 10.2. The van der Waals surface area contributed by atoms with Crippen LogP contribution in [0.25, 0.3) is 6.08 Å². The number of aliphatic hydroxyl groups excluding tert-OH is 1. The second kappa shape index (κ2) is 3.91. The minimum atomic E-state index is -0.275. The number of piperidine rings is 3. The van der Waals surface area contributed by atoms with Gasteiger partial charge in [-0.2, -0.15) is 0 Å². The second-order valence-corrected chi connectivity index (χ2v) is 4.62. The Labute approximate surface area is 95.4 Å². The van der Waals surface area contributed by atoms with Crippen LogP contribution in [0.2, 0.25) is 0 Å². The van der Waals surface area contributed by atoms with E-state index in [1.54, 1.807) is 6.20 Å². The molecule has 1 atom stereocenters. The molecule has 3 aliphatic rings. The highest BCUT2D eigenvalue weighted by atomic mass is 16.3. The summed E-state index contributed by atoms with van der Waals surface area (Å²) >= 11 is 0. The number of aromatic nitrogens is 1. The van der Waals surface area contributed by atoms with Crippen LogP contribution in [-0.2, 0) is 0 Å². The first kappa shape index (κ1) is 9.85. The van der Waals surface area contributed by atoms with Gasteiger partial charge < -0.3 is 10.0 Å². The van der Waals surface area contributed by atoms with Gasteiger partial charge in [-0.1, -0.05) is 6.07 Å². The van der Waals surface area contributed by atoms with Crippen LogP contribution in [0.15, 0.2) is 30.2 Å². The van der Waals surface area contributed by atoms with Gasteiger partial charge >= 0.3 is 0 Å². The van der Waals surface area contributed by atoms with Crippen molar-refractivity contribution in [2.75, 3.05) is 13.1 Å². The highest BCUT2D eigenvalue weighted by Gasteiger charge is 2.36. The molecule has 2 bridgehead atoms. The first-order chi connectivity index (χ1) is 7.84. The summed E-state index contributed by atoms with van der Waals surface area (Å²) < 4.78 is 0. The predicted molar refractivity (Wildman–Crippen MR) is 62.5 cm³/mol. The molecule has 0 aromatic carbocycles. The highest BCUT2D eigenvalue weighted by Crippen LogP contribution is 2.35. The molecule has 1 N–H and O–H groups in total. The van der Waals surface area contributed by atoms with E-state index < -0.39 is 0 Å². The summed E-state index contributed by atoms with van der Waals surface area (Å²) in [5.41, 5.74) is 2.15. The van der Waals surface area contributed by atoms with Gasteiger partial charge in [-0.25, -0.2) is 0 Å². The molecule has 0 radical (unpaired) electrons. The predicted octanol–water partition coefficient (Wildman–Crippen LogP) is 1.51. The third-order valence-electron chi connectivity index (χ3n) is 3.65. The van der Waals surface area contributed by atoms with E-state index in [1.807, 2.05) is 18.3 Å². The molecule has 3 heteroatoms. The summed E-state index contributed by atoms with van der Waals surface area (Å²) in [6.45, 7) is 2.18. The van der Waals surface area contributed by atoms with E-state index in [9.17, 15) is 5.11 Å². The average Bonchev–Trinajstić information content (AvgIpc) is 2.36. The van der Waals surface area contributed by atoms with Gasteiger partial charge in [0.25, 0.3) is 0 Å². The van der Waals surface area contributed by atoms with Crippen LogP contribution in [0.4, 0.5) is 0 Å². The van der Waals surface area contributed by atoms with Gasteiger partial charge in [0.1, 0.15) is 0 Å². The molecular weight excluding hydrogens is 200 g/mol. The van der Waals surface area contributed by atoms with Crippen LogP contribution in [0, 0.1) is 5.92 Å². The molecule has 84 valence electrons. The lowest BCUT2D eigenvalue weighted by Crippen LogP contribution is -2.48. The minimum Gasteiger partial charge on any atom is -0.387 e. The Hall–Kier alpha value is -1.35. The van der Waals surface area contributed by atoms with Crippen molar-refractivity contribution in [3.63, 3.8) is 0 Å². The quantitative estimate of drug-likeness (QED) is 0.773. The molecule has 0 spiro atoms. The highest BCUT2D eigenvalue weighted by molar-refractivity contribution is 5.53. The molecule has 3 fully saturated rings. The van der Waals surface area contributed by atoms with Crippen molar-refractivity contribution in [2.45, 2.75) is 18.9 Å². The fraction of sp³-hybridized carbons (Fsp3) is 0.462. The number of hydrogen-bond acceptors (Lipinski definition) is 3. The lowest BCUT2D eigenvalue weighted by atomic mass is 9.83. The van der Waals surface area contributed by atoms with Gasteiger partial charge in [-0.3, -0.25) is 4.98 Å². The number of fused-ring (bicyclic) bond motifs is 3. The lowest BCUT2D eigenvalue weighted by molar-refractivity contribution is 0.0215. The molecule has 1 unspecified atom stereocenters. The topological polar surface area (TPSA) is 36.4 Å². The summed E-state index contributed by atoms with van der Waals surface area (Å²) in [6.07, 6.45) is 7.66. The maximum absolute atomic E-state index is 10.2. The zero-order valence-electron chi connectivity index (χ0n) is 9.21. The van der Waals surface area contributed by atoms with Crippen molar-refractivity contribution in [2.24, 2.45) is 5.92 Å². The van der Waals surface area contributed by atoms with Gasteiger partial charge in [0.05, 0.1) is 6.10 Å². The molecule has 0 amide bonds. The van der Waals surface area contributed by atoms with Gasteiger partial charge in [-0.05, 0) is 36.5 Å². The Morgan fingerprint density at radius 1 is 1.38 bits per heavy atom. The fourth-order valence-corrected chi connectivity index (χ4v) is 2.71. The first-order valence-electron chi connectivity index (χ1n) is 5.89. The Balaban J connectivity index is 1.92. The van der Waals surface area contributed by atoms with Crippen LogP contribution in [0.1, 0.15) is 18.4 Å². The summed E-state index contributed by atoms with van der Waals surface area (Å²) in [7, 11) is 0. The normalized spacial score (nSPS) is 31.1. The Kier molecular flexibility index (Phi) is 2.40. The van der Waals surface area contributed by atoms with Crippen LogP contribution in [-0.4, -0.2) is 34.2 Å². The van der Waals surface area contributed by atoms with Gasteiger partial charge in [0, 0.05) is 31.2 Å². The Bertz CT molecular complexity index is 390. The average molecular weight is 216 g/mol. The smallest absolute Gasteiger partial charge is 0.0965 e. The zero-order valence-corrected chi connectivity index (χ0v) is 9.21. The number of nitrogens with zero attached hydrogens (tertiary/aromatic N) is 2. The van der Waals surface area contributed by atoms with Crippen molar-refractivity contribution in [1.82, 2.24) is 9.88 Å². The second-order valence-electron chi connectivity index (χ2n) is 4.62. The molecule has 16 heavy (non-hydrogen) atoms. The molecule has 3 saturated heterocycles. The van der Waals surface area contributed by atoms with E-state index in [0.717, 1.165) is 37.2 Å². The summed E-state index contributed by atoms with van der Waals surface area (Å²) in [4.78, 5) is 6.40.